The fourth-order valence-electron chi connectivity index (χ4n) is 2.39. The van der Waals surface area contributed by atoms with Gasteiger partial charge in [-0.25, -0.2) is 0 Å². The molecule has 1 aliphatic heterocycles. The molecule has 2 nitrogen and oxygen atoms in total. The highest BCUT2D eigenvalue weighted by Crippen LogP contribution is 2.25. The van der Waals surface area contributed by atoms with Crippen molar-refractivity contribution in [3.05, 3.63) is 33.4 Å². The number of nitrogens with one attached hydrogen (secondary N) is 1. The fourth-order valence-corrected chi connectivity index (χ4v) is 2.75. The van der Waals surface area contributed by atoms with Crippen LogP contribution in [0.4, 0.5) is 0 Å². The molecule has 1 aromatic carbocycles. The normalized spacial score (nSPS) is 22.9. The largest absolute Gasteiger partial charge is 0.309 e. The second-order valence-electron chi connectivity index (χ2n) is 6.53. The van der Waals surface area contributed by atoms with Crippen molar-refractivity contribution in [2.45, 2.75) is 45.3 Å². The lowest BCUT2D eigenvalue weighted by molar-refractivity contribution is 0.0324. The van der Waals surface area contributed by atoms with Crippen LogP contribution in [-0.2, 0) is 6.54 Å². The highest BCUT2D eigenvalue weighted by atomic mass is 127. The molecule has 1 aliphatic rings. The summed E-state index contributed by atoms with van der Waals surface area (Å²) < 4.78 is 1.30. The summed E-state index contributed by atoms with van der Waals surface area (Å²) in [6, 6.07) is 8.87. The molecule has 1 saturated heterocycles. The first-order valence-electron chi connectivity index (χ1n) is 6.53. The number of hydrogen-bond donors (Lipinski definition) is 1. The molecule has 1 N–H and O–H groups in total. The van der Waals surface area contributed by atoms with E-state index in [9.17, 15) is 0 Å². The molecule has 0 atom stereocenters. The van der Waals surface area contributed by atoms with Gasteiger partial charge in [0.25, 0.3) is 0 Å². The van der Waals surface area contributed by atoms with Crippen molar-refractivity contribution in [3.8, 4) is 0 Å². The molecule has 1 heterocycles. The van der Waals surface area contributed by atoms with Gasteiger partial charge in [-0.3, -0.25) is 4.90 Å². The summed E-state index contributed by atoms with van der Waals surface area (Å²) in [5.41, 5.74) is 1.83. The third kappa shape index (κ3) is 3.45. The van der Waals surface area contributed by atoms with Crippen LogP contribution in [-0.4, -0.2) is 29.1 Å². The van der Waals surface area contributed by atoms with Gasteiger partial charge >= 0.3 is 0 Å². The summed E-state index contributed by atoms with van der Waals surface area (Å²) in [5, 5.41) is 3.63. The van der Waals surface area contributed by atoms with Gasteiger partial charge < -0.3 is 5.32 Å². The highest BCUT2D eigenvalue weighted by Gasteiger charge is 2.37. The van der Waals surface area contributed by atoms with Crippen molar-refractivity contribution in [3.63, 3.8) is 0 Å². The van der Waals surface area contributed by atoms with E-state index < -0.39 is 0 Å². The van der Waals surface area contributed by atoms with E-state index in [0.717, 1.165) is 19.6 Å². The van der Waals surface area contributed by atoms with Crippen LogP contribution in [0.5, 0.6) is 0 Å². The molecular weight excluding hydrogens is 335 g/mol. The van der Waals surface area contributed by atoms with Crippen LogP contribution in [0.1, 0.15) is 33.3 Å². The first-order valence-corrected chi connectivity index (χ1v) is 7.61. The lowest BCUT2D eigenvalue weighted by atomic mass is 9.91. The highest BCUT2D eigenvalue weighted by molar-refractivity contribution is 14.1. The van der Waals surface area contributed by atoms with Gasteiger partial charge in [0.05, 0.1) is 0 Å². The topological polar surface area (TPSA) is 15.3 Å². The van der Waals surface area contributed by atoms with Crippen molar-refractivity contribution in [2.75, 3.05) is 13.1 Å². The Labute approximate surface area is 124 Å². The average molecular weight is 358 g/mol. The minimum Gasteiger partial charge on any atom is -0.309 e. The van der Waals surface area contributed by atoms with E-state index >= 15 is 0 Å². The molecule has 100 valence electrons. The zero-order valence-corrected chi connectivity index (χ0v) is 13.9. The van der Waals surface area contributed by atoms with Crippen LogP contribution in [0.3, 0.4) is 0 Å². The molecule has 0 bridgehead atoms. The molecule has 0 saturated carbocycles. The maximum Gasteiger partial charge on any atom is 0.0282 e. The quantitative estimate of drug-likeness (QED) is 0.817. The SMILES string of the molecule is CC1(C)CN(Cc2ccc(I)cc2)C(C)(C)CN1. The van der Waals surface area contributed by atoms with Gasteiger partial charge in [0.15, 0.2) is 0 Å². The predicted molar refractivity (Wildman–Crippen MR) is 85.7 cm³/mol. The number of halogens is 1. The van der Waals surface area contributed by atoms with Gasteiger partial charge in [-0.2, -0.15) is 0 Å². The molecule has 0 radical (unpaired) electrons. The molecule has 3 heteroatoms. The second kappa shape index (κ2) is 5.10. The maximum absolute atomic E-state index is 3.63. The summed E-state index contributed by atoms with van der Waals surface area (Å²) >= 11 is 2.36. The van der Waals surface area contributed by atoms with Gasteiger partial charge in [0, 0.05) is 34.3 Å². The smallest absolute Gasteiger partial charge is 0.0282 e. The monoisotopic (exact) mass is 358 g/mol. The van der Waals surface area contributed by atoms with E-state index in [1.54, 1.807) is 0 Å². The lowest BCUT2D eigenvalue weighted by Gasteiger charge is -2.49. The van der Waals surface area contributed by atoms with Crippen molar-refractivity contribution >= 4 is 22.6 Å². The minimum absolute atomic E-state index is 0.207. The van der Waals surface area contributed by atoms with Gasteiger partial charge in [-0.15, -0.1) is 0 Å². The zero-order valence-electron chi connectivity index (χ0n) is 11.8. The average Bonchev–Trinajstić information content (AvgIpc) is 2.27. The second-order valence-corrected chi connectivity index (χ2v) is 7.78. The third-order valence-electron chi connectivity index (χ3n) is 3.73. The first kappa shape index (κ1) is 14.3. The molecule has 0 aliphatic carbocycles. The standard InChI is InChI=1S/C15H23IN2/c1-14(2)11-18(15(3,4)10-17-14)9-12-5-7-13(16)8-6-12/h5-8,17H,9-11H2,1-4H3. The van der Waals surface area contributed by atoms with Crippen molar-refractivity contribution in [2.24, 2.45) is 0 Å². The molecule has 1 aromatic rings. The van der Waals surface area contributed by atoms with E-state index in [1.807, 2.05) is 0 Å². The number of benzene rings is 1. The Bertz CT molecular complexity index is 409. The molecular formula is C15H23IN2. The molecule has 2 rings (SSSR count). The molecule has 18 heavy (non-hydrogen) atoms. The van der Waals surface area contributed by atoms with E-state index in [0.29, 0.717) is 0 Å². The molecule has 1 fully saturated rings. The lowest BCUT2D eigenvalue weighted by Crippen LogP contribution is -2.65. The summed E-state index contributed by atoms with van der Waals surface area (Å²) in [5.74, 6) is 0. The first-order chi connectivity index (χ1) is 8.28. The van der Waals surface area contributed by atoms with Crippen molar-refractivity contribution in [1.82, 2.24) is 10.2 Å². The van der Waals surface area contributed by atoms with Gasteiger partial charge in [0.1, 0.15) is 0 Å². The molecule has 0 amide bonds. The zero-order chi connectivity index (χ0) is 13.4. The van der Waals surface area contributed by atoms with Crippen molar-refractivity contribution < 1.29 is 0 Å². The molecule has 0 spiro atoms. The Morgan fingerprint density at radius 1 is 1.17 bits per heavy atom. The predicted octanol–water partition coefficient (Wildman–Crippen LogP) is 3.25. The van der Waals surface area contributed by atoms with Crippen LogP contribution < -0.4 is 5.32 Å². The van der Waals surface area contributed by atoms with Gasteiger partial charge in [0.2, 0.25) is 0 Å². The van der Waals surface area contributed by atoms with Crippen LogP contribution in [0.2, 0.25) is 0 Å². The van der Waals surface area contributed by atoms with E-state index in [-0.39, 0.29) is 11.1 Å². The number of hydrogen-bond acceptors (Lipinski definition) is 2. The molecule has 0 unspecified atom stereocenters. The molecule has 0 aromatic heterocycles. The number of nitrogens with zero attached hydrogens (tertiary/aromatic N) is 1. The van der Waals surface area contributed by atoms with Gasteiger partial charge in [-0.05, 0) is 68.0 Å². The summed E-state index contributed by atoms with van der Waals surface area (Å²) in [6.07, 6.45) is 0. The Morgan fingerprint density at radius 2 is 1.78 bits per heavy atom. The summed E-state index contributed by atoms with van der Waals surface area (Å²) in [7, 11) is 0. The van der Waals surface area contributed by atoms with Crippen molar-refractivity contribution in [1.29, 1.82) is 0 Å². The fraction of sp³-hybridized carbons (Fsp3) is 0.600. The van der Waals surface area contributed by atoms with Crippen LogP contribution in [0.25, 0.3) is 0 Å². The Morgan fingerprint density at radius 3 is 2.39 bits per heavy atom. The van der Waals surface area contributed by atoms with Gasteiger partial charge in [-0.1, -0.05) is 12.1 Å². The number of rotatable bonds is 2. The van der Waals surface area contributed by atoms with E-state index in [2.05, 4.69) is 84.8 Å². The maximum atomic E-state index is 3.63. The van der Waals surface area contributed by atoms with Crippen LogP contribution >= 0.6 is 22.6 Å². The summed E-state index contributed by atoms with van der Waals surface area (Å²) in [6.45, 7) is 12.4. The van der Waals surface area contributed by atoms with Crippen LogP contribution in [0, 0.1) is 3.57 Å². The summed E-state index contributed by atoms with van der Waals surface area (Å²) in [4.78, 5) is 2.59. The third-order valence-corrected chi connectivity index (χ3v) is 4.45. The number of piperazine rings is 1. The van der Waals surface area contributed by atoms with E-state index in [4.69, 9.17) is 0 Å². The minimum atomic E-state index is 0.207. The van der Waals surface area contributed by atoms with E-state index in [1.165, 1.54) is 9.13 Å². The Hall–Kier alpha value is -0.130. The Kier molecular flexibility index (Phi) is 4.04. The Balaban J connectivity index is 2.12. The van der Waals surface area contributed by atoms with Crippen LogP contribution in [0.15, 0.2) is 24.3 Å².